The molecule has 1 unspecified atom stereocenters. The van der Waals surface area contributed by atoms with Crippen molar-refractivity contribution in [3.05, 3.63) is 49.7 Å². The third-order valence-electron chi connectivity index (χ3n) is 3.15. The van der Waals surface area contributed by atoms with Crippen LogP contribution in [0.3, 0.4) is 0 Å². The molecule has 0 spiro atoms. The lowest BCUT2D eigenvalue weighted by molar-refractivity contribution is -0.0459. The fourth-order valence-electron chi connectivity index (χ4n) is 2.09. The summed E-state index contributed by atoms with van der Waals surface area (Å²) in [5.74, 6) is 0. The minimum Gasteiger partial charge on any atom is -0.394 e. The molecule has 0 amide bonds. The fourth-order valence-corrected chi connectivity index (χ4v) is 2.26. The number of allylic oxidation sites excluding steroid dienone is 2. The Hall–Kier alpha value is -1.48. The number of aliphatic hydroxyl groups excluding tert-OH is 2. The lowest BCUT2D eigenvalue weighted by Crippen LogP contribution is -2.33. The molecule has 0 aliphatic carbocycles. The molecule has 1 saturated heterocycles. The Morgan fingerprint density at radius 1 is 1.48 bits per heavy atom. The van der Waals surface area contributed by atoms with Gasteiger partial charge in [0.25, 0.3) is 5.56 Å². The van der Waals surface area contributed by atoms with Crippen LogP contribution in [0.4, 0.5) is 0 Å². The van der Waals surface area contributed by atoms with E-state index in [9.17, 15) is 14.7 Å². The summed E-state index contributed by atoms with van der Waals surface area (Å²) in [6, 6.07) is 0. The van der Waals surface area contributed by atoms with Gasteiger partial charge in [-0.15, -0.1) is 0 Å². The van der Waals surface area contributed by atoms with Crippen molar-refractivity contribution in [3.8, 4) is 0 Å². The number of rotatable bonds is 4. The number of aromatic nitrogens is 2. The van der Waals surface area contributed by atoms with E-state index in [0.29, 0.717) is 0 Å². The van der Waals surface area contributed by atoms with E-state index in [0.717, 1.165) is 0 Å². The molecule has 0 radical (unpaired) electrons. The van der Waals surface area contributed by atoms with Gasteiger partial charge in [-0.05, 0) is 11.1 Å². The van der Waals surface area contributed by atoms with Crippen molar-refractivity contribution in [1.29, 1.82) is 0 Å². The highest BCUT2D eigenvalue weighted by Gasteiger charge is 2.35. The van der Waals surface area contributed by atoms with E-state index in [1.54, 1.807) is 23.2 Å². The van der Waals surface area contributed by atoms with Crippen molar-refractivity contribution in [2.45, 2.75) is 24.9 Å². The SMILES string of the molecule is O=c1[nH]c(=O)n([C@H]2CC(O)[C@@H](CO)O2)cc1/C=C/C=C/Br. The smallest absolute Gasteiger partial charge is 0.330 e. The third kappa shape index (κ3) is 3.59. The summed E-state index contributed by atoms with van der Waals surface area (Å²) in [6.07, 6.45) is 4.08. The van der Waals surface area contributed by atoms with Crippen LogP contribution < -0.4 is 11.2 Å². The molecule has 1 fully saturated rings. The van der Waals surface area contributed by atoms with Gasteiger partial charge in [-0.3, -0.25) is 14.3 Å². The molecule has 114 valence electrons. The fraction of sp³-hybridized carbons (Fsp3) is 0.385. The molecule has 1 aliphatic heterocycles. The van der Waals surface area contributed by atoms with Crippen LogP contribution in [0.25, 0.3) is 6.08 Å². The van der Waals surface area contributed by atoms with Gasteiger partial charge in [-0.25, -0.2) is 4.79 Å². The number of ether oxygens (including phenoxy) is 1. The Morgan fingerprint density at radius 3 is 2.86 bits per heavy atom. The zero-order chi connectivity index (χ0) is 15.4. The number of aromatic amines is 1. The van der Waals surface area contributed by atoms with Gasteiger partial charge in [-0.1, -0.05) is 28.1 Å². The van der Waals surface area contributed by atoms with Gasteiger partial charge in [0.2, 0.25) is 0 Å². The molecule has 3 atom stereocenters. The predicted molar refractivity (Wildman–Crippen MR) is 80.0 cm³/mol. The van der Waals surface area contributed by atoms with Crippen molar-refractivity contribution < 1.29 is 14.9 Å². The van der Waals surface area contributed by atoms with Crippen LogP contribution in [-0.4, -0.2) is 38.6 Å². The summed E-state index contributed by atoms with van der Waals surface area (Å²) < 4.78 is 6.61. The highest BCUT2D eigenvalue weighted by atomic mass is 79.9. The van der Waals surface area contributed by atoms with Crippen LogP contribution in [0.1, 0.15) is 18.2 Å². The topological polar surface area (TPSA) is 105 Å². The maximum absolute atomic E-state index is 11.8. The Balaban J connectivity index is 2.34. The number of nitrogens with zero attached hydrogens (tertiary/aromatic N) is 1. The van der Waals surface area contributed by atoms with Gasteiger partial charge in [-0.2, -0.15) is 0 Å². The maximum atomic E-state index is 11.8. The molecule has 0 saturated carbocycles. The quantitative estimate of drug-likeness (QED) is 0.662. The standard InChI is InChI=1S/C13H15BrN2O5/c14-4-2-1-3-8-6-16(13(20)15-12(8)19)11-5-9(18)10(7-17)21-11/h1-4,6,9-11,17-18H,5,7H2,(H,15,19,20)/b3-1+,4-2+/t9?,10-,11-/m1/s1. The molecule has 1 aliphatic rings. The average molecular weight is 359 g/mol. The number of hydrogen-bond acceptors (Lipinski definition) is 5. The van der Waals surface area contributed by atoms with Gasteiger partial charge < -0.3 is 14.9 Å². The van der Waals surface area contributed by atoms with Crippen molar-refractivity contribution in [1.82, 2.24) is 9.55 Å². The van der Waals surface area contributed by atoms with Crippen molar-refractivity contribution in [2.24, 2.45) is 0 Å². The van der Waals surface area contributed by atoms with Crippen LogP contribution in [0.5, 0.6) is 0 Å². The lowest BCUT2D eigenvalue weighted by Gasteiger charge is -2.14. The van der Waals surface area contributed by atoms with Crippen molar-refractivity contribution in [3.63, 3.8) is 0 Å². The minimum atomic E-state index is -0.853. The second kappa shape index (κ2) is 6.99. The largest absolute Gasteiger partial charge is 0.394 e. The second-order valence-electron chi connectivity index (χ2n) is 4.54. The molecular formula is C13H15BrN2O5. The van der Waals surface area contributed by atoms with Gasteiger partial charge in [0.05, 0.1) is 18.3 Å². The van der Waals surface area contributed by atoms with Crippen LogP contribution in [-0.2, 0) is 4.74 Å². The normalized spacial score (nSPS) is 26.1. The predicted octanol–water partition coefficient (Wildman–Crippen LogP) is 0.0991. The number of H-pyrrole nitrogens is 1. The molecule has 1 aromatic rings. The van der Waals surface area contributed by atoms with Crippen molar-refractivity contribution in [2.75, 3.05) is 6.61 Å². The zero-order valence-corrected chi connectivity index (χ0v) is 12.6. The van der Waals surface area contributed by atoms with Crippen LogP contribution in [0.2, 0.25) is 0 Å². The van der Waals surface area contributed by atoms with Gasteiger partial charge in [0, 0.05) is 12.6 Å². The Labute approximate surface area is 128 Å². The van der Waals surface area contributed by atoms with Gasteiger partial charge >= 0.3 is 5.69 Å². The maximum Gasteiger partial charge on any atom is 0.330 e. The average Bonchev–Trinajstić information content (AvgIpc) is 2.82. The van der Waals surface area contributed by atoms with Gasteiger partial charge in [0.1, 0.15) is 12.3 Å². The number of halogens is 1. The molecule has 8 heteroatoms. The molecule has 0 bridgehead atoms. The summed E-state index contributed by atoms with van der Waals surface area (Å²) in [5, 5.41) is 18.8. The number of nitrogens with one attached hydrogen (secondary N) is 1. The Bertz CT molecular complexity index is 663. The van der Waals surface area contributed by atoms with Gasteiger partial charge in [0.15, 0.2) is 0 Å². The number of aliphatic hydroxyl groups is 2. The molecule has 2 heterocycles. The summed E-state index contributed by atoms with van der Waals surface area (Å²) in [6.45, 7) is -0.335. The van der Waals surface area contributed by atoms with E-state index < -0.39 is 29.7 Å². The summed E-state index contributed by atoms with van der Waals surface area (Å²) >= 11 is 3.10. The molecule has 2 rings (SSSR count). The highest BCUT2D eigenvalue weighted by Crippen LogP contribution is 2.27. The zero-order valence-electron chi connectivity index (χ0n) is 11.0. The first kappa shape index (κ1) is 15.9. The molecule has 1 aromatic heterocycles. The van der Waals surface area contributed by atoms with E-state index in [1.165, 1.54) is 10.8 Å². The summed E-state index contributed by atoms with van der Waals surface area (Å²) in [5.41, 5.74) is -0.845. The van der Waals surface area contributed by atoms with E-state index >= 15 is 0 Å². The first-order chi connectivity index (χ1) is 10.1. The lowest BCUT2D eigenvalue weighted by atomic mass is 10.2. The second-order valence-corrected chi connectivity index (χ2v) is 5.07. The Morgan fingerprint density at radius 2 is 2.24 bits per heavy atom. The van der Waals surface area contributed by atoms with E-state index in [1.807, 2.05) is 0 Å². The molecule has 0 aromatic carbocycles. The minimum absolute atomic E-state index is 0.168. The van der Waals surface area contributed by atoms with E-state index in [4.69, 9.17) is 9.84 Å². The van der Waals surface area contributed by atoms with E-state index in [2.05, 4.69) is 20.9 Å². The first-order valence-electron chi connectivity index (χ1n) is 6.30. The molecule has 3 N–H and O–H groups in total. The van der Waals surface area contributed by atoms with Crippen molar-refractivity contribution >= 4 is 22.0 Å². The van der Waals surface area contributed by atoms with Crippen LogP contribution in [0.15, 0.2) is 32.9 Å². The Kier molecular flexibility index (Phi) is 5.29. The first-order valence-corrected chi connectivity index (χ1v) is 7.21. The molecular weight excluding hydrogens is 344 g/mol. The highest BCUT2D eigenvalue weighted by molar-refractivity contribution is 9.11. The summed E-state index contributed by atoms with van der Waals surface area (Å²) in [7, 11) is 0. The van der Waals surface area contributed by atoms with Crippen LogP contribution in [0, 0.1) is 0 Å². The van der Waals surface area contributed by atoms with Crippen LogP contribution >= 0.6 is 15.9 Å². The van der Waals surface area contributed by atoms with E-state index in [-0.39, 0.29) is 18.6 Å². The monoisotopic (exact) mass is 358 g/mol. The number of hydrogen-bond donors (Lipinski definition) is 3. The molecule has 7 nitrogen and oxygen atoms in total. The molecule has 21 heavy (non-hydrogen) atoms. The third-order valence-corrected chi connectivity index (χ3v) is 3.45. The summed E-state index contributed by atoms with van der Waals surface area (Å²) in [4.78, 5) is 27.4.